The molecule has 4 aromatic rings. The average molecular weight is 441 g/mol. The second-order valence-electron chi connectivity index (χ2n) is 7.70. The molecule has 0 aliphatic carbocycles. The summed E-state index contributed by atoms with van der Waals surface area (Å²) >= 11 is 0. The Kier molecular flexibility index (Phi) is 7.17. The zero-order chi connectivity index (χ0) is 23.0. The Balaban J connectivity index is 1.56. The second-order valence-corrected chi connectivity index (χ2v) is 7.70. The fourth-order valence-electron chi connectivity index (χ4n) is 3.74. The van der Waals surface area contributed by atoms with Crippen molar-refractivity contribution < 1.29 is 9.53 Å². The van der Waals surface area contributed by atoms with Crippen LogP contribution in [0.3, 0.4) is 0 Å². The van der Waals surface area contributed by atoms with Gasteiger partial charge in [-0.3, -0.25) is 9.69 Å². The lowest BCUT2D eigenvalue weighted by atomic mass is 10.1. The van der Waals surface area contributed by atoms with Crippen LogP contribution in [-0.2, 0) is 11.3 Å². The van der Waals surface area contributed by atoms with Crippen molar-refractivity contribution in [3.8, 4) is 22.7 Å². The summed E-state index contributed by atoms with van der Waals surface area (Å²) in [6.45, 7) is 3.65. The average Bonchev–Trinajstić information content (AvgIpc) is 3.29. The van der Waals surface area contributed by atoms with Crippen LogP contribution in [0.2, 0.25) is 0 Å². The summed E-state index contributed by atoms with van der Waals surface area (Å²) < 4.78 is 7.25. The maximum Gasteiger partial charge on any atom is 0.238 e. The van der Waals surface area contributed by atoms with Gasteiger partial charge in [0.2, 0.25) is 5.91 Å². The van der Waals surface area contributed by atoms with Gasteiger partial charge in [0.05, 0.1) is 30.7 Å². The number of nitrogens with one attached hydrogen (secondary N) is 1. The number of anilines is 1. The van der Waals surface area contributed by atoms with Crippen molar-refractivity contribution in [3.05, 3.63) is 96.7 Å². The molecule has 4 rings (SSSR count). The summed E-state index contributed by atoms with van der Waals surface area (Å²) in [4.78, 5) is 14.9. The van der Waals surface area contributed by atoms with Crippen LogP contribution in [-0.4, -0.2) is 40.8 Å². The van der Waals surface area contributed by atoms with E-state index in [9.17, 15) is 4.79 Å². The number of nitrogens with zero attached hydrogens (tertiary/aromatic N) is 3. The molecule has 0 bridgehead atoms. The summed E-state index contributed by atoms with van der Waals surface area (Å²) in [5.74, 6) is 0.558. The molecule has 1 amide bonds. The number of methoxy groups -OCH3 is 1. The van der Waals surface area contributed by atoms with E-state index in [4.69, 9.17) is 9.84 Å². The van der Waals surface area contributed by atoms with Crippen LogP contribution in [0.4, 0.5) is 5.69 Å². The molecule has 6 nitrogen and oxygen atoms in total. The number of rotatable bonds is 9. The standard InChI is InChI=1S/C27H28N4O2/c1-3-30(20-26(32)28-24-16-10-11-17-25(24)33-2)18-22-19-31(23-14-8-5-9-15-23)29-27(22)21-12-6-4-7-13-21/h4-17,19H,3,18,20H2,1-2H3,(H,28,32). The van der Waals surface area contributed by atoms with E-state index in [0.717, 1.165) is 29.1 Å². The lowest BCUT2D eigenvalue weighted by Gasteiger charge is -2.20. The van der Waals surface area contributed by atoms with Crippen molar-refractivity contribution >= 4 is 11.6 Å². The van der Waals surface area contributed by atoms with Crippen LogP contribution in [0.1, 0.15) is 12.5 Å². The van der Waals surface area contributed by atoms with Gasteiger partial charge in [0, 0.05) is 23.9 Å². The van der Waals surface area contributed by atoms with E-state index in [1.807, 2.05) is 77.5 Å². The van der Waals surface area contributed by atoms with E-state index >= 15 is 0 Å². The number of ether oxygens (including phenoxy) is 1. The molecule has 33 heavy (non-hydrogen) atoms. The number of para-hydroxylation sites is 3. The van der Waals surface area contributed by atoms with Gasteiger partial charge < -0.3 is 10.1 Å². The molecular weight excluding hydrogens is 412 g/mol. The van der Waals surface area contributed by atoms with E-state index in [1.165, 1.54) is 0 Å². The van der Waals surface area contributed by atoms with E-state index in [2.05, 4.69) is 35.5 Å². The number of amides is 1. The fraction of sp³-hybridized carbons (Fsp3) is 0.185. The molecule has 0 saturated heterocycles. The number of likely N-dealkylation sites (N-methyl/N-ethyl adjacent to an activating group) is 1. The van der Waals surface area contributed by atoms with Gasteiger partial charge in [-0.05, 0) is 30.8 Å². The number of benzene rings is 3. The van der Waals surface area contributed by atoms with Crippen molar-refractivity contribution in [2.24, 2.45) is 0 Å². The Labute approximate surface area is 194 Å². The molecule has 0 aliphatic heterocycles. The van der Waals surface area contributed by atoms with Crippen LogP contribution in [0, 0.1) is 0 Å². The Morgan fingerprint density at radius 2 is 1.64 bits per heavy atom. The van der Waals surface area contributed by atoms with Gasteiger partial charge in [0.15, 0.2) is 0 Å². The largest absolute Gasteiger partial charge is 0.495 e. The fourth-order valence-corrected chi connectivity index (χ4v) is 3.74. The van der Waals surface area contributed by atoms with Gasteiger partial charge >= 0.3 is 0 Å². The topological polar surface area (TPSA) is 59.4 Å². The third kappa shape index (κ3) is 5.48. The molecular formula is C27H28N4O2. The van der Waals surface area contributed by atoms with Crippen molar-refractivity contribution in [1.82, 2.24) is 14.7 Å². The van der Waals surface area contributed by atoms with E-state index in [-0.39, 0.29) is 12.5 Å². The molecule has 168 valence electrons. The molecule has 3 aromatic carbocycles. The number of carbonyl (C=O) groups is 1. The number of aromatic nitrogens is 2. The predicted molar refractivity (Wildman–Crippen MR) is 132 cm³/mol. The number of hydrogen-bond donors (Lipinski definition) is 1. The third-order valence-electron chi connectivity index (χ3n) is 5.45. The van der Waals surface area contributed by atoms with Crippen molar-refractivity contribution in [2.45, 2.75) is 13.5 Å². The normalized spacial score (nSPS) is 10.9. The molecule has 0 unspecified atom stereocenters. The quantitative estimate of drug-likeness (QED) is 0.398. The van der Waals surface area contributed by atoms with Crippen molar-refractivity contribution in [2.75, 3.05) is 25.5 Å². The highest BCUT2D eigenvalue weighted by molar-refractivity contribution is 5.93. The maximum atomic E-state index is 12.8. The summed E-state index contributed by atoms with van der Waals surface area (Å²) in [5, 5.41) is 7.84. The molecule has 0 fully saturated rings. The molecule has 1 heterocycles. The summed E-state index contributed by atoms with van der Waals surface area (Å²) in [5.41, 5.74) is 4.71. The van der Waals surface area contributed by atoms with Crippen LogP contribution in [0.25, 0.3) is 16.9 Å². The number of carbonyl (C=O) groups excluding carboxylic acids is 1. The number of hydrogen-bond acceptors (Lipinski definition) is 4. The first-order valence-corrected chi connectivity index (χ1v) is 11.0. The lowest BCUT2D eigenvalue weighted by Crippen LogP contribution is -2.32. The highest BCUT2D eigenvalue weighted by Crippen LogP contribution is 2.26. The first kappa shape index (κ1) is 22.3. The molecule has 0 aliphatic rings. The summed E-state index contributed by atoms with van der Waals surface area (Å²) in [6, 6.07) is 27.6. The van der Waals surface area contributed by atoms with Gasteiger partial charge in [-0.2, -0.15) is 5.10 Å². The van der Waals surface area contributed by atoms with Gasteiger partial charge in [-0.1, -0.05) is 67.6 Å². The van der Waals surface area contributed by atoms with Crippen LogP contribution in [0.15, 0.2) is 91.1 Å². The van der Waals surface area contributed by atoms with Crippen molar-refractivity contribution in [3.63, 3.8) is 0 Å². The van der Waals surface area contributed by atoms with Gasteiger partial charge in [0.1, 0.15) is 5.75 Å². The highest BCUT2D eigenvalue weighted by atomic mass is 16.5. The minimum absolute atomic E-state index is 0.0851. The molecule has 0 atom stereocenters. The zero-order valence-electron chi connectivity index (χ0n) is 18.9. The van der Waals surface area contributed by atoms with E-state index in [1.54, 1.807) is 7.11 Å². The van der Waals surface area contributed by atoms with E-state index < -0.39 is 0 Å². The molecule has 6 heteroatoms. The SMILES string of the molecule is CCN(CC(=O)Nc1ccccc1OC)Cc1cn(-c2ccccc2)nc1-c1ccccc1. The molecule has 0 radical (unpaired) electrons. The Morgan fingerprint density at radius 3 is 2.33 bits per heavy atom. The monoisotopic (exact) mass is 440 g/mol. The first-order valence-electron chi connectivity index (χ1n) is 11.0. The van der Waals surface area contributed by atoms with Gasteiger partial charge in [-0.15, -0.1) is 0 Å². The second kappa shape index (κ2) is 10.6. The lowest BCUT2D eigenvalue weighted by molar-refractivity contribution is -0.117. The Hall–Kier alpha value is -3.90. The zero-order valence-corrected chi connectivity index (χ0v) is 18.9. The Morgan fingerprint density at radius 1 is 0.970 bits per heavy atom. The van der Waals surface area contributed by atoms with Crippen LogP contribution >= 0.6 is 0 Å². The minimum Gasteiger partial charge on any atom is -0.495 e. The van der Waals surface area contributed by atoms with Crippen molar-refractivity contribution in [1.29, 1.82) is 0 Å². The summed E-state index contributed by atoms with van der Waals surface area (Å²) in [7, 11) is 1.60. The molecule has 0 spiro atoms. The summed E-state index contributed by atoms with van der Waals surface area (Å²) in [6.07, 6.45) is 2.05. The molecule has 1 aromatic heterocycles. The maximum absolute atomic E-state index is 12.8. The van der Waals surface area contributed by atoms with Crippen LogP contribution in [0.5, 0.6) is 5.75 Å². The third-order valence-corrected chi connectivity index (χ3v) is 5.45. The van der Waals surface area contributed by atoms with Gasteiger partial charge in [-0.25, -0.2) is 4.68 Å². The first-order chi connectivity index (χ1) is 16.2. The predicted octanol–water partition coefficient (Wildman–Crippen LogP) is 5.01. The highest BCUT2D eigenvalue weighted by Gasteiger charge is 2.17. The minimum atomic E-state index is -0.0851. The van der Waals surface area contributed by atoms with Gasteiger partial charge in [0.25, 0.3) is 0 Å². The molecule has 0 saturated carbocycles. The van der Waals surface area contributed by atoms with Crippen LogP contribution < -0.4 is 10.1 Å². The van der Waals surface area contributed by atoms with E-state index in [0.29, 0.717) is 18.0 Å². The Bertz CT molecular complexity index is 1190. The smallest absolute Gasteiger partial charge is 0.238 e. The molecule has 1 N–H and O–H groups in total.